The highest BCUT2D eigenvalue weighted by Crippen LogP contribution is 2.31. The van der Waals surface area contributed by atoms with Gasteiger partial charge in [0.1, 0.15) is 10.0 Å². The van der Waals surface area contributed by atoms with Crippen LogP contribution in [0, 0.1) is 6.92 Å². The Morgan fingerprint density at radius 2 is 2.10 bits per heavy atom. The number of halogens is 1. The SMILES string of the molecule is CCCNC(CC)c1nnc(-c2cc(Br)ccc2C)s1. The molecule has 0 aliphatic carbocycles. The Kier molecular flexibility index (Phi) is 5.69. The van der Waals surface area contributed by atoms with Crippen LogP contribution >= 0.6 is 27.3 Å². The van der Waals surface area contributed by atoms with Crippen molar-refractivity contribution >= 4 is 27.3 Å². The zero-order valence-corrected chi connectivity index (χ0v) is 14.5. The number of nitrogens with one attached hydrogen (secondary N) is 1. The van der Waals surface area contributed by atoms with Gasteiger partial charge in [-0.3, -0.25) is 0 Å². The van der Waals surface area contributed by atoms with Crippen LogP contribution in [-0.2, 0) is 0 Å². The Bertz CT molecular complexity index is 568. The summed E-state index contributed by atoms with van der Waals surface area (Å²) in [5, 5.41) is 14.4. The van der Waals surface area contributed by atoms with Crippen molar-refractivity contribution in [2.24, 2.45) is 0 Å². The molecule has 3 nitrogen and oxygen atoms in total. The minimum atomic E-state index is 0.314. The summed E-state index contributed by atoms with van der Waals surface area (Å²) in [4.78, 5) is 0. The summed E-state index contributed by atoms with van der Waals surface area (Å²) in [6.45, 7) is 7.48. The Hall–Kier alpha value is -0.780. The summed E-state index contributed by atoms with van der Waals surface area (Å²) in [5.41, 5.74) is 2.39. The molecule has 1 heterocycles. The molecule has 1 atom stereocenters. The van der Waals surface area contributed by atoms with Crippen LogP contribution in [0.1, 0.15) is 43.3 Å². The van der Waals surface area contributed by atoms with Crippen molar-refractivity contribution in [1.82, 2.24) is 15.5 Å². The fraction of sp³-hybridized carbons (Fsp3) is 0.467. The summed E-state index contributed by atoms with van der Waals surface area (Å²) in [6, 6.07) is 6.58. The van der Waals surface area contributed by atoms with E-state index in [2.05, 4.69) is 70.4 Å². The van der Waals surface area contributed by atoms with Gasteiger partial charge in [-0.05, 0) is 44.0 Å². The molecule has 0 spiro atoms. The minimum Gasteiger partial charge on any atom is -0.308 e. The van der Waals surface area contributed by atoms with Crippen molar-refractivity contribution in [2.45, 2.75) is 39.7 Å². The molecule has 1 N–H and O–H groups in total. The molecule has 0 bridgehead atoms. The molecule has 0 saturated heterocycles. The molecule has 0 amide bonds. The lowest BCUT2D eigenvalue weighted by Crippen LogP contribution is -2.21. The first kappa shape index (κ1) is 15.6. The van der Waals surface area contributed by atoms with Crippen LogP contribution in [0.25, 0.3) is 10.6 Å². The van der Waals surface area contributed by atoms with E-state index in [0.29, 0.717) is 6.04 Å². The topological polar surface area (TPSA) is 37.8 Å². The van der Waals surface area contributed by atoms with Gasteiger partial charge in [-0.1, -0.05) is 47.2 Å². The van der Waals surface area contributed by atoms with E-state index in [0.717, 1.165) is 39.4 Å². The lowest BCUT2D eigenvalue weighted by Gasteiger charge is -2.12. The Morgan fingerprint density at radius 3 is 2.80 bits per heavy atom. The highest BCUT2D eigenvalue weighted by molar-refractivity contribution is 9.10. The van der Waals surface area contributed by atoms with Gasteiger partial charge in [-0.15, -0.1) is 10.2 Å². The van der Waals surface area contributed by atoms with Gasteiger partial charge in [0.25, 0.3) is 0 Å². The summed E-state index contributed by atoms with van der Waals surface area (Å²) >= 11 is 5.21. The van der Waals surface area contributed by atoms with Gasteiger partial charge in [0.05, 0.1) is 6.04 Å². The van der Waals surface area contributed by atoms with Crippen LogP contribution in [0.15, 0.2) is 22.7 Å². The molecule has 5 heteroatoms. The summed E-state index contributed by atoms with van der Waals surface area (Å²) in [6.07, 6.45) is 2.17. The molecule has 0 fully saturated rings. The van der Waals surface area contributed by atoms with Crippen LogP contribution < -0.4 is 5.32 Å². The average molecular weight is 354 g/mol. The number of aromatic nitrogens is 2. The quantitative estimate of drug-likeness (QED) is 0.815. The van der Waals surface area contributed by atoms with E-state index in [-0.39, 0.29) is 0 Å². The van der Waals surface area contributed by atoms with Crippen LogP contribution in [-0.4, -0.2) is 16.7 Å². The van der Waals surface area contributed by atoms with E-state index in [9.17, 15) is 0 Å². The lowest BCUT2D eigenvalue weighted by molar-refractivity contribution is 0.513. The zero-order chi connectivity index (χ0) is 14.5. The summed E-state index contributed by atoms with van der Waals surface area (Å²) < 4.78 is 1.07. The monoisotopic (exact) mass is 353 g/mol. The van der Waals surface area contributed by atoms with Gasteiger partial charge in [-0.2, -0.15) is 0 Å². The molecule has 1 aromatic carbocycles. The molecule has 1 unspecified atom stereocenters. The normalized spacial score (nSPS) is 12.6. The second-order valence-corrected chi connectivity index (χ2v) is 6.74. The largest absolute Gasteiger partial charge is 0.308 e. The highest BCUT2D eigenvalue weighted by Gasteiger charge is 2.16. The first-order chi connectivity index (χ1) is 9.65. The third kappa shape index (κ3) is 3.65. The number of hydrogen-bond acceptors (Lipinski definition) is 4. The molecule has 2 rings (SSSR count). The Morgan fingerprint density at radius 1 is 1.30 bits per heavy atom. The van der Waals surface area contributed by atoms with Crippen molar-refractivity contribution in [2.75, 3.05) is 6.54 Å². The van der Waals surface area contributed by atoms with Crippen LogP contribution in [0.2, 0.25) is 0 Å². The van der Waals surface area contributed by atoms with Crippen molar-refractivity contribution in [3.8, 4) is 10.6 Å². The maximum absolute atomic E-state index is 4.38. The number of benzene rings is 1. The molecule has 2 aromatic rings. The number of hydrogen-bond donors (Lipinski definition) is 1. The molecular weight excluding hydrogens is 334 g/mol. The van der Waals surface area contributed by atoms with Gasteiger partial charge >= 0.3 is 0 Å². The second kappa shape index (κ2) is 7.29. The molecule has 20 heavy (non-hydrogen) atoms. The van der Waals surface area contributed by atoms with Crippen molar-refractivity contribution in [1.29, 1.82) is 0 Å². The fourth-order valence-corrected chi connectivity index (χ4v) is 3.48. The Balaban J connectivity index is 2.25. The first-order valence-corrected chi connectivity index (χ1v) is 8.60. The number of aryl methyl sites for hydroxylation is 1. The first-order valence-electron chi connectivity index (χ1n) is 6.99. The van der Waals surface area contributed by atoms with Crippen molar-refractivity contribution in [3.05, 3.63) is 33.2 Å². The Labute approximate surface area is 133 Å². The van der Waals surface area contributed by atoms with E-state index in [1.54, 1.807) is 11.3 Å². The van der Waals surface area contributed by atoms with Gasteiger partial charge in [0.2, 0.25) is 0 Å². The predicted molar refractivity (Wildman–Crippen MR) is 89.1 cm³/mol. The highest BCUT2D eigenvalue weighted by atomic mass is 79.9. The molecule has 0 aliphatic heterocycles. The molecule has 0 aliphatic rings. The summed E-state index contributed by atoms with van der Waals surface area (Å²) in [5.74, 6) is 0. The van der Waals surface area contributed by atoms with Gasteiger partial charge in [0.15, 0.2) is 0 Å². The smallest absolute Gasteiger partial charge is 0.148 e. The number of rotatable bonds is 6. The maximum Gasteiger partial charge on any atom is 0.148 e. The van der Waals surface area contributed by atoms with Crippen LogP contribution in [0.5, 0.6) is 0 Å². The van der Waals surface area contributed by atoms with E-state index in [4.69, 9.17) is 0 Å². The fourth-order valence-electron chi connectivity index (χ4n) is 2.03. The standard InChI is InChI=1S/C15H20BrN3S/c1-4-8-17-13(5-2)15-19-18-14(20-15)12-9-11(16)7-6-10(12)3/h6-7,9,13,17H,4-5,8H2,1-3H3. The molecule has 0 radical (unpaired) electrons. The van der Waals surface area contributed by atoms with E-state index in [1.165, 1.54) is 5.56 Å². The van der Waals surface area contributed by atoms with Crippen molar-refractivity contribution < 1.29 is 0 Å². The van der Waals surface area contributed by atoms with Gasteiger partial charge < -0.3 is 5.32 Å². The number of nitrogens with zero attached hydrogens (tertiary/aromatic N) is 2. The summed E-state index contributed by atoms with van der Waals surface area (Å²) in [7, 11) is 0. The van der Waals surface area contributed by atoms with Crippen molar-refractivity contribution in [3.63, 3.8) is 0 Å². The molecule has 108 valence electrons. The average Bonchev–Trinajstić information content (AvgIpc) is 2.92. The second-order valence-electron chi connectivity index (χ2n) is 4.82. The maximum atomic E-state index is 4.38. The molecule has 0 saturated carbocycles. The predicted octanol–water partition coefficient (Wildman–Crippen LogP) is 4.73. The minimum absolute atomic E-state index is 0.314. The van der Waals surface area contributed by atoms with E-state index >= 15 is 0 Å². The van der Waals surface area contributed by atoms with E-state index in [1.807, 2.05) is 0 Å². The third-order valence-corrected chi connectivity index (χ3v) is 4.78. The van der Waals surface area contributed by atoms with E-state index < -0.39 is 0 Å². The van der Waals surface area contributed by atoms with Crippen LogP contribution in [0.4, 0.5) is 0 Å². The lowest BCUT2D eigenvalue weighted by atomic mass is 10.1. The van der Waals surface area contributed by atoms with Gasteiger partial charge in [0, 0.05) is 10.0 Å². The van der Waals surface area contributed by atoms with Gasteiger partial charge in [-0.25, -0.2) is 0 Å². The third-order valence-electron chi connectivity index (χ3n) is 3.22. The van der Waals surface area contributed by atoms with Crippen LogP contribution in [0.3, 0.4) is 0 Å². The molecular formula is C15H20BrN3S. The zero-order valence-electron chi connectivity index (χ0n) is 12.1. The molecule has 1 aromatic heterocycles.